The third kappa shape index (κ3) is 2.82. The lowest BCUT2D eigenvalue weighted by atomic mass is 10.1. The lowest BCUT2D eigenvalue weighted by Gasteiger charge is -2.10. The molecule has 0 bridgehead atoms. The van der Waals surface area contributed by atoms with E-state index in [4.69, 9.17) is 4.74 Å². The van der Waals surface area contributed by atoms with Crippen molar-refractivity contribution in [2.45, 2.75) is 13.8 Å². The van der Waals surface area contributed by atoms with Crippen molar-refractivity contribution < 1.29 is 4.74 Å². The molecule has 0 aliphatic rings. The van der Waals surface area contributed by atoms with Crippen molar-refractivity contribution in [3.05, 3.63) is 65.4 Å². The molecule has 23 heavy (non-hydrogen) atoms. The van der Waals surface area contributed by atoms with Crippen LogP contribution >= 0.6 is 0 Å². The topological polar surface area (TPSA) is 50.8 Å². The van der Waals surface area contributed by atoms with Crippen LogP contribution in [0.3, 0.4) is 0 Å². The minimum Gasteiger partial charge on any atom is -0.496 e. The van der Waals surface area contributed by atoms with Crippen molar-refractivity contribution >= 4 is 0 Å². The van der Waals surface area contributed by atoms with Gasteiger partial charge in [0, 0.05) is 11.6 Å². The third-order valence-electron chi connectivity index (χ3n) is 3.76. The molecule has 1 aromatic heterocycles. The smallest absolute Gasteiger partial charge is 0.163 e. The Hall–Kier alpha value is -3.06. The number of nitrogens with zero attached hydrogens (tertiary/aromatic N) is 3. The summed E-state index contributed by atoms with van der Waals surface area (Å²) in [6.07, 6.45) is 0. The highest BCUT2D eigenvalue weighted by Crippen LogP contribution is 2.28. The molecule has 0 radical (unpaired) electrons. The molecule has 2 aromatic carbocycles. The largest absolute Gasteiger partial charge is 0.496 e. The molecule has 0 atom stereocenters. The van der Waals surface area contributed by atoms with Crippen LogP contribution in [-0.2, 0) is 0 Å². The van der Waals surface area contributed by atoms with Crippen molar-refractivity contribution in [3.63, 3.8) is 0 Å². The minimum atomic E-state index is 0.398. The number of nitriles is 1. The summed E-state index contributed by atoms with van der Waals surface area (Å²) in [6.45, 7) is 4.04. The highest BCUT2D eigenvalue weighted by molar-refractivity contribution is 5.66. The summed E-state index contributed by atoms with van der Waals surface area (Å²) in [5, 5.41) is 13.6. The second kappa shape index (κ2) is 5.98. The summed E-state index contributed by atoms with van der Waals surface area (Å²) in [4.78, 5) is 0. The quantitative estimate of drug-likeness (QED) is 0.734. The Bertz CT molecular complexity index is 903. The molecular weight excluding hydrogens is 286 g/mol. The van der Waals surface area contributed by atoms with Crippen LogP contribution in [0.2, 0.25) is 0 Å². The molecule has 114 valence electrons. The number of ether oxygens (including phenoxy) is 1. The van der Waals surface area contributed by atoms with Crippen LogP contribution in [0.4, 0.5) is 0 Å². The van der Waals surface area contributed by atoms with Gasteiger partial charge >= 0.3 is 0 Å². The number of methoxy groups -OCH3 is 1. The van der Waals surface area contributed by atoms with E-state index in [1.165, 1.54) is 0 Å². The molecule has 0 amide bonds. The van der Waals surface area contributed by atoms with E-state index in [1.54, 1.807) is 7.11 Å². The zero-order valence-electron chi connectivity index (χ0n) is 13.4. The Morgan fingerprint density at radius 1 is 1.09 bits per heavy atom. The maximum absolute atomic E-state index is 9.21. The second-order valence-electron chi connectivity index (χ2n) is 5.46. The van der Waals surface area contributed by atoms with E-state index in [9.17, 15) is 5.26 Å². The van der Waals surface area contributed by atoms with E-state index in [2.05, 4.69) is 11.2 Å². The highest BCUT2D eigenvalue weighted by Gasteiger charge is 2.13. The van der Waals surface area contributed by atoms with Crippen LogP contribution < -0.4 is 4.74 Å². The molecule has 0 saturated heterocycles. The molecule has 4 heteroatoms. The van der Waals surface area contributed by atoms with Crippen LogP contribution in [0, 0.1) is 25.2 Å². The van der Waals surface area contributed by atoms with Crippen LogP contribution in [0.25, 0.3) is 16.9 Å². The lowest BCUT2D eigenvalue weighted by Crippen LogP contribution is -2.00. The van der Waals surface area contributed by atoms with Gasteiger partial charge in [-0.2, -0.15) is 10.4 Å². The fourth-order valence-corrected chi connectivity index (χ4v) is 2.64. The first-order valence-corrected chi connectivity index (χ1v) is 7.34. The Balaban J connectivity index is 2.18. The fourth-order valence-electron chi connectivity index (χ4n) is 2.64. The first-order chi connectivity index (χ1) is 11.1. The monoisotopic (exact) mass is 303 g/mol. The summed E-state index contributed by atoms with van der Waals surface area (Å²) in [5.74, 6) is 0.843. The third-order valence-corrected chi connectivity index (χ3v) is 3.76. The van der Waals surface area contributed by atoms with Crippen LogP contribution in [-0.4, -0.2) is 16.9 Å². The first kappa shape index (κ1) is 14.9. The maximum Gasteiger partial charge on any atom is 0.163 e. The highest BCUT2D eigenvalue weighted by atomic mass is 16.5. The Labute approximate surface area is 135 Å². The van der Waals surface area contributed by atoms with E-state index in [0.29, 0.717) is 5.69 Å². The number of hydrogen-bond acceptors (Lipinski definition) is 3. The van der Waals surface area contributed by atoms with Crippen molar-refractivity contribution in [3.8, 4) is 28.8 Å². The molecule has 3 rings (SSSR count). The van der Waals surface area contributed by atoms with Crippen LogP contribution in [0.5, 0.6) is 5.75 Å². The van der Waals surface area contributed by atoms with Gasteiger partial charge in [0.2, 0.25) is 0 Å². The predicted octanol–water partition coefficient (Wildman–Crippen LogP) is 4.04. The van der Waals surface area contributed by atoms with E-state index in [1.807, 2.05) is 67.1 Å². The van der Waals surface area contributed by atoms with Gasteiger partial charge in [-0.25, -0.2) is 4.68 Å². The van der Waals surface area contributed by atoms with Crippen molar-refractivity contribution in [1.82, 2.24) is 9.78 Å². The first-order valence-electron chi connectivity index (χ1n) is 7.34. The molecule has 0 aliphatic heterocycles. The molecule has 0 N–H and O–H groups in total. The van der Waals surface area contributed by atoms with E-state index in [-0.39, 0.29) is 0 Å². The molecule has 1 heterocycles. The standard InChI is InChI=1S/C19H17N3O/c1-13-5-4-6-17(9-13)22-18(11-16(12-20)21-22)15-7-8-19(23-3)14(2)10-15/h4-11H,1-3H3. The molecule has 0 aliphatic carbocycles. The summed E-state index contributed by atoms with van der Waals surface area (Å²) < 4.78 is 7.13. The normalized spacial score (nSPS) is 10.3. The average molecular weight is 303 g/mol. The van der Waals surface area contributed by atoms with Crippen LogP contribution in [0.1, 0.15) is 16.8 Å². The summed E-state index contributed by atoms with van der Waals surface area (Å²) in [6, 6.07) is 18.0. The van der Waals surface area contributed by atoms with Gasteiger partial charge in [0.1, 0.15) is 11.8 Å². The maximum atomic E-state index is 9.21. The lowest BCUT2D eigenvalue weighted by molar-refractivity contribution is 0.412. The predicted molar refractivity (Wildman–Crippen MR) is 89.7 cm³/mol. The second-order valence-corrected chi connectivity index (χ2v) is 5.46. The van der Waals surface area contributed by atoms with Crippen molar-refractivity contribution in [2.75, 3.05) is 7.11 Å². The van der Waals surface area contributed by atoms with Gasteiger partial charge in [-0.15, -0.1) is 0 Å². The Kier molecular flexibility index (Phi) is 3.86. The molecule has 4 nitrogen and oxygen atoms in total. The molecular formula is C19H17N3O. The molecule has 0 unspecified atom stereocenters. The molecule has 3 aromatic rings. The van der Waals surface area contributed by atoms with E-state index in [0.717, 1.165) is 33.8 Å². The van der Waals surface area contributed by atoms with Gasteiger partial charge in [-0.1, -0.05) is 12.1 Å². The number of benzene rings is 2. The van der Waals surface area contributed by atoms with Crippen molar-refractivity contribution in [1.29, 1.82) is 5.26 Å². The van der Waals surface area contributed by atoms with E-state index >= 15 is 0 Å². The number of hydrogen-bond donors (Lipinski definition) is 0. The average Bonchev–Trinajstić information content (AvgIpc) is 2.99. The zero-order valence-corrected chi connectivity index (χ0v) is 13.4. The van der Waals surface area contributed by atoms with Crippen LogP contribution in [0.15, 0.2) is 48.5 Å². The zero-order chi connectivity index (χ0) is 16.4. The number of aryl methyl sites for hydroxylation is 2. The van der Waals surface area contributed by atoms with Gasteiger partial charge in [0.05, 0.1) is 18.5 Å². The van der Waals surface area contributed by atoms with Gasteiger partial charge in [0.15, 0.2) is 5.69 Å². The number of aromatic nitrogens is 2. The Morgan fingerprint density at radius 3 is 2.57 bits per heavy atom. The van der Waals surface area contributed by atoms with E-state index < -0.39 is 0 Å². The summed E-state index contributed by atoms with van der Waals surface area (Å²) >= 11 is 0. The summed E-state index contributed by atoms with van der Waals surface area (Å²) in [7, 11) is 1.66. The fraction of sp³-hybridized carbons (Fsp3) is 0.158. The van der Waals surface area contributed by atoms with Gasteiger partial charge in [-0.3, -0.25) is 0 Å². The minimum absolute atomic E-state index is 0.398. The Morgan fingerprint density at radius 2 is 1.91 bits per heavy atom. The summed E-state index contributed by atoms with van der Waals surface area (Å²) in [5.41, 5.74) is 5.41. The number of rotatable bonds is 3. The van der Waals surface area contributed by atoms with Gasteiger partial charge in [0.25, 0.3) is 0 Å². The van der Waals surface area contributed by atoms with Gasteiger partial charge < -0.3 is 4.74 Å². The van der Waals surface area contributed by atoms with Crippen molar-refractivity contribution in [2.24, 2.45) is 0 Å². The molecule has 0 spiro atoms. The molecule has 0 saturated carbocycles. The molecule has 0 fully saturated rings. The SMILES string of the molecule is COc1ccc(-c2cc(C#N)nn2-c2cccc(C)c2)cc1C. The van der Waals surface area contributed by atoms with Gasteiger partial charge in [-0.05, 0) is 55.3 Å².